The van der Waals surface area contributed by atoms with Gasteiger partial charge < -0.3 is 0 Å². The van der Waals surface area contributed by atoms with Gasteiger partial charge in [-0.3, -0.25) is 0 Å². The van der Waals surface area contributed by atoms with E-state index in [1.807, 2.05) is 0 Å². The molecule has 0 bridgehead atoms. The molecule has 0 saturated carbocycles. The molecule has 182 valence electrons. The number of rotatable bonds is 5. The number of hydrogen-bond donors (Lipinski definition) is 0. The molecule has 0 atom stereocenters. The van der Waals surface area contributed by atoms with Crippen LogP contribution in [0.15, 0.2) is 163 Å². The van der Waals surface area contributed by atoms with E-state index in [1.165, 1.54) is 50.1 Å². The van der Waals surface area contributed by atoms with Crippen molar-refractivity contribution in [3.63, 3.8) is 0 Å². The van der Waals surface area contributed by atoms with Crippen LogP contribution in [0, 0.1) is 0 Å². The van der Waals surface area contributed by atoms with E-state index in [1.54, 1.807) is 0 Å². The first kappa shape index (κ1) is 23.7. The van der Waals surface area contributed by atoms with E-state index in [0.29, 0.717) is 0 Å². The van der Waals surface area contributed by atoms with Crippen LogP contribution in [-0.2, 0) is 5.41 Å². The van der Waals surface area contributed by atoms with Gasteiger partial charge in [-0.1, -0.05) is 158 Å². The Hall–Kier alpha value is -4.68. The summed E-state index contributed by atoms with van der Waals surface area (Å²) in [7, 11) is 0. The molecule has 0 amide bonds. The fourth-order valence-electron chi connectivity index (χ4n) is 5.83. The fraction of sp³-hybridized carbons (Fsp3) is 0.0526. The van der Waals surface area contributed by atoms with Crippen LogP contribution in [0.25, 0.3) is 22.8 Å². The summed E-state index contributed by atoms with van der Waals surface area (Å²) in [5.41, 5.74) is 10.9. The van der Waals surface area contributed by atoms with Crippen molar-refractivity contribution in [2.75, 3.05) is 0 Å². The highest BCUT2D eigenvalue weighted by Gasteiger charge is 2.47. The van der Waals surface area contributed by atoms with Crippen LogP contribution in [0.5, 0.6) is 0 Å². The van der Waals surface area contributed by atoms with E-state index in [-0.39, 0.29) is 0 Å². The Kier molecular flexibility index (Phi) is 6.46. The number of allylic oxidation sites excluding steroid dienone is 5. The van der Waals surface area contributed by atoms with Crippen molar-refractivity contribution in [1.82, 2.24) is 0 Å². The minimum absolute atomic E-state index is 0.426. The topological polar surface area (TPSA) is 0 Å². The van der Waals surface area contributed by atoms with Crippen LogP contribution in [-0.4, -0.2) is 0 Å². The lowest BCUT2D eigenvalue weighted by molar-refractivity contribution is 0.774. The third-order valence-corrected chi connectivity index (χ3v) is 7.51. The summed E-state index contributed by atoms with van der Waals surface area (Å²) in [6.45, 7) is 2.07. The molecular weight excluding hydrogens is 456 g/mol. The van der Waals surface area contributed by atoms with Gasteiger partial charge in [0.2, 0.25) is 0 Å². The van der Waals surface area contributed by atoms with Gasteiger partial charge in [0.25, 0.3) is 0 Å². The lowest BCUT2D eigenvalue weighted by atomic mass is 9.67. The zero-order chi connectivity index (χ0) is 25.8. The maximum atomic E-state index is 2.39. The lowest BCUT2D eigenvalue weighted by Gasteiger charge is -2.34. The van der Waals surface area contributed by atoms with Crippen LogP contribution in [0.1, 0.15) is 34.7 Å². The molecule has 1 aliphatic carbocycles. The molecule has 0 heterocycles. The van der Waals surface area contributed by atoms with Crippen molar-refractivity contribution in [2.24, 2.45) is 0 Å². The van der Waals surface area contributed by atoms with Crippen molar-refractivity contribution < 1.29 is 0 Å². The molecular formula is C38H30. The predicted octanol–water partition coefficient (Wildman–Crippen LogP) is 9.74. The van der Waals surface area contributed by atoms with Gasteiger partial charge >= 0.3 is 0 Å². The smallest absolute Gasteiger partial charge is 0.0713 e. The van der Waals surface area contributed by atoms with Crippen LogP contribution >= 0.6 is 0 Å². The molecule has 1 aliphatic rings. The highest BCUT2D eigenvalue weighted by Crippen LogP contribution is 2.57. The molecule has 0 N–H and O–H groups in total. The minimum atomic E-state index is -0.426. The first-order valence-electron chi connectivity index (χ1n) is 13.2. The Morgan fingerprint density at radius 2 is 1.05 bits per heavy atom. The summed E-state index contributed by atoms with van der Waals surface area (Å²) in [4.78, 5) is 0. The number of benzene rings is 5. The quantitative estimate of drug-likeness (QED) is 0.232. The van der Waals surface area contributed by atoms with Crippen molar-refractivity contribution in [1.29, 1.82) is 0 Å². The molecule has 0 unspecified atom stereocenters. The second-order valence-electron chi connectivity index (χ2n) is 9.68. The average molecular weight is 487 g/mol. The Morgan fingerprint density at radius 3 is 1.66 bits per heavy atom. The Balaban J connectivity index is 1.64. The van der Waals surface area contributed by atoms with Gasteiger partial charge in [-0.15, -0.1) is 0 Å². The van der Waals surface area contributed by atoms with Crippen LogP contribution in [0.3, 0.4) is 0 Å². The van der Waals surface area contributed by atoms with Crippen LogP contribution < -0.4 is 0 Å². The molecule has 0 radical (unpaired) electrons. The molecule has 0 nitrogen and oxygen atoms in total. The highest BCUT2D eigenvalue weighted by molar-refractivity contribution is 5.98. The zero-order valence-electron chi connectivity index (χ0n) is 21.6. The van der Waals surface area contributed by atoms with Crippen molar-refractivity contribution in [2.45, 2.75) is 12.3 Å². The van der Waals surface area contributed by atoms with E-state index in [4.69, 9.17) is 0 Å². The van der Waals surface area contributed by atoms with Crippen molar-refractivity contribution >= 4 is 11.6 Å². The molecule has 0 heteroatoms. The fourth-order valence-corrected chi connectivity index (χ4v) is 5.83. The van der Waals surface area contributed by atoms with Crippen LogP contribution in [0.2, 0.25) is 0 Å². The largest absolute Gasteiger partial charge is 0.0876 e. The van der Waals surface area contributed by atoms with Crippen molar-refractivity contribution in [3.05, 3.63) is 191 Å². The summed E-state index contributed by atoms with van der Waals surface area (Å²) in [6.07, 6.45) is 8.93. The Bertz CT molecular complexity index is 1580. The van der Waals surface area contributed by atoms with Gasteiger partial charge in [0, 0.05) is 0 Å². The summed E-state index contributed by atoms with van der Waals surface area (Å²) in [6, 6.07) is 50.3. The summed E-state index contributed by atoms with van der Waals surface area (Å²) in [5.74, 6) is 0. The van der Waals surface area contributed by atoms with E-state index in [0.717, 1.165) is 0 Å². The normalized spacial score (nSPS) is 16.2. The molecule has 0 spiro atoms. The maximum absolute atomic E-state index is 2.39. The van der Waals surface area contributed by atoms with Gasteiger partial charge in [-0.2, -0.15) is 0 Å². The second kappa shape index (κ2) is 10.4. The molecule has 0 fully saturated rings. The van der Waals surface area contributed by atoms with Gasteiger partial charge in [-0.05, 0) is 63.1 Å². The summed E-state index contributed by atoms with van der Waals surface area (Å²) in [5, 5.41) is 0. The molecule has 0 aliphatic heterocycles. The van der Waals surface area contributed by atoms with Gasteiger partial charge in [0.05, 0.1) is 5.41 Å². The molecule has 0 aromatic heterocycles. The highest BCUT2D eigenvalue weighted by atomic mass is 14.5. The third kappa shape index (κ3) is 4.05. The number of fused-ring (bicyclic) bond motifs is 1. The molecule has 5 aromatic rings. The standard InChI is InChI=1S/C38H30/c1-2-3-21-35-34-22-13-14-23-36(34)38(32-17-9-5-10-18-32,33-19-11-6-12-20-33)37(35)28-29-24-26-31(27-25-29)30-15-7-4-8-16-30/h2-28H,1H3/b3-2+,35-21-,37-28?. The monoisotopic (exact) mass is 486 g/mol. The summed E-state index contributed by atoms with van der Waals surface area (Å²) < 4.78 is 0. The molecule has 5 aromatic carbocycles. The third-order valence-electron chi connectivity index (χ3n) is 7.51. The Labute approximate surface area is 226 Å². The lowest BCUT2D eigenvalue weighted by Crippen LogP contribution is -2.28. The van der Waals surface area contributed by atoms with Crippen molar-refractivity contribution in [3.8, 4) is 11.1 Å². The van der Waals surface area contributed by atoms with E-state index in [2.05, 4.69) is 171 Å². The first-order chi connectivity index (χ1) is 18.8. The second-order valence-corrected chi connectivity index (χ2v) is 9.68. The van der Waals surface area contributed by atoms with Gasteiger partial charge in [0.1, 0.15) is 0 Å². The Morgan fingerprint density at radius 1 is 0.526 bits per heavy atom. The maximum Gasteiger partial charge on any atom is 0.0713 e. The number of hydrogen-bond acceptors (Lipinski definition) is 0. The summed E-state index contributed by atoms with van der Waals surface area (Å²) >= 11 is 0. The van der Waals surface area contributed by atoms with Gasteiger partial charge in [0.15, 0.2) is 0 Å². The molecule has 38 heavy (non-hydrogen) atoms. The SMILES string of the molecule is C/C=C/C=C1\C(=Cc2ccc(-c3ccccc3)cc2)C(c2ccccc2)(c2ccccc2)c2ccccc21. The van der Waals surface area contributed by atoms with E-state index >= 15 is 0 Å². The molecule has 0 saturated heterocycles. The van der Waals surface area contributed by atoms with Gasteiger partial charge in [-0.25, -0.2) is 0 Å². The van der Waals surface area contributed by atoms with E-state index in [9.17, 15) is 0 Å². The van der Waals surface area contributed by atoms with E-state index < -0.39 is 5.41 Å². The minimum Gasteiger partial charge on any atom is -0.0876 e. The zero-order valence-corrected chi connectivity index (χ0v) is 21.6. The molecule has 6 rings (SSSR count). The predicted molar refractivity (Wildman–Crippen MR) is 162 cm³/mol. The first-order valence-corrected chi connectivity index (χ1v) is 13.2. The average Bonchev–Trinajstić information content (AvgIpc) is 3.27. The van der Waals surface area contributed by atoms with Crippen LogP contribution in [0.4, 0.5) is 0 Å².